The van der Waals surface area contributed by atoms with Crippen molar-refractivity contribution < 1.29 is 98.0 Å². The first kappa shape index (κ1) is 54.7. The van der Waals surface area contributed by atoms with E-state index in [0.29, 0.717) is 24.8 Å². The highest BCUT2D eigenvalue weighted by atomic mass is 16.7. The highest BCUT2D eigenvalue weighted by Gasteiger charge is 2.50. The second kappa shape index (κ2) is 29.1. The number of carboxylic acids is 2. The number of carboxylic acid groups (broad SMARTS) is 2. The Bertz CT molecular complexity index is 1590. The van der Waals surface area contributed by atoms with Crippen molar-refractivity contribution in [3.05, 3.63) is 29.3 Å². The van der Waals surface area contributed by atoms with Crippen LogP contribution < -0.4 is 0 Å². The molecule has 1 saturated heterocycles. The van der Waals surface area contributed by atoms with Crippen LogP contribution in [-0.4, -0.2) is 151 Å². The van der Waals surface area contributed by atoms with Gasteiger partial charge in [-0.25, -0.2) is 9.59 Å². The van der Waals surface area contributed by atoms with E-state index in [9.17, 15) is 64.5 Å². The van der Waals surface area contributed by atoms with Crippen molar-refractivity contribution in [1.29, 1.82) is 0 Å². The number of carbonyl (C=O) groups excluding carboxylic acids is 4. The molecule has 1 heterocycles. The molecular formula is C43H66O20. The first-order chi connectivity index (χ1) is 29.9. The van der Waals surface area contributed by atoms with E-state index >= 15 is 0 Å². The number of ether oxygens (including phenoxy) is 6. The van der Waals surface area contributed by atoms with Gasteiger partial charge in [-0.2, -0.15) is 0 Å². The molecule has 0 bridgehead atoms. The molecule has 358 valence electrons. The van der Waals surface area contributed by atoms with Crippen molar-refractivity contribution in [1.82, 2.24) is 0 Å². The van der Waals surface area contributed by atoms with Gasteiger partial charge in [-0.1, -0.05) is 82.8 Å². The molecule has 0 aliphatic carbocycles. The molecule has 20 heteroatoms. The van der Waals surface area contributed by atoms with Crippen LogP contribution in [0.15, 0.2) is 18.2 Å². The maximum atomic E-state index is 13.3. The fraction of sp³-hybridized carbons (Fsp3) is 0.721. The van der Waals surface area contributed by atoms with E-state index in [4.69, 9.17) is 33.5 Å². The van der Waals surface area contributed by atoms with Crippen LogP contribution in [0.3, 0.4) is 0 Å². The summed E-state index contributed by atoms with van der Waals surface area (Å²) in [5.74, 6) is -7.47. The van der Waals surface area contributed by atoms with Gasteiger partial charge in [0.1, 0.15) is 61.0 Å². The number of benzene rings is 1. The van der Waals surface area contributed by atoms with Crippen molar-refractivity contribution >= 4 is 35.8 Å². The third-order valence-electron chi connectivity index (χ3n) is 10.4. The molecular weight excluding hydrogens is 836 g/mol. The highest BCUT2D eigenvalue weighted by Crippen LogP contribution is 2.28. The highest BCUT2D eigenvalue weighted by molar-refractivity contribution is 5.92. The van der Waals surface area contributed by atoms with Gasteiger partial charge in [0.25, 0.3) is 0 Å². The summed E-state index contributed by atoms with van der Waals surface area (Å²) in [6.45, 7) is 1.58. The molecule has 0 amide bonds. The summed E-state index contributed by atoms with van der Waals surface area (Å²) in [5.41, 5.74) is 0.633. The van der Waals surface area contributed by atoms with Crippen LogP contribution in [0.25, 0.3) is 0 Å². The van der Waals surface area contributed by atoms with Gasteiger partial charge in [0.15, 0.2) is 12.4 Å². The van der Waals surface area contributed by atoms with Crippen LogP contribution in [0.1, 0.15) is 133 Å². The van der Waals surface area contributed by atoms with Gasteiger partial charge in [0.05, 0.1) is 12.7 Å². The summed E-state index contributed by atoms with van der Waals surface area (Å²) in [7, 11) is 0. The second-order valence-electron chi connectivity index (χ2n) is 15.7. The average Bonchev–Trinajstić information content (AvgIpc) is 3.21. The Labute approximate surface area is 366 Å². The Kier molecular flexibility index (Phi) is 25.3. The number of rotatable bonds is 31. The zero-order valence-corrected chi connectivity index (χ0v) is 36.2. The van der Waals surface area contributed by atoms with Gasteiger partial charge in [0, 0.05) is 13.8 Å². The van der Waals surface area contributed by atoms with E-state index in [1.807, 2.05) is 0 Å². The zero-order chi connectivity index (χ0) is 47.1. The molecule has 1 aromatic rings. The number of hydrogen-bond donors (Lipinski definition) is 8. The van der Waals surface area contributed by atoms with Crippen molar-refractivity contribution in [2.24, 2.45) is 0 Å². The van der Waals surface area contributed by atoms with Gasteiger partial charge in [-0.05, 0) is 44.2 Å². The monoisotopic (exact) mass is 902 g/mol. The predicted molar refractivity (Wildman–Crippen MR) is 218 cm³/mol. The SMILES string of the molecule is CC(=O)O[C@H](C(=O)OC(C)CCCCCCCCCCCCCCCc1cccc(O)c1C(=O)O)[C@@H](O)[C@H](O)[C@@H](COC(=O)CC(=O)O)OC1O[C@H](CO)[C@@H](O)[C@H](O)[C@@H]1OC(C)=O. The molecule has 0 aromatic heterocycles. The number of aliphatic hydroxyl groups is 5. The number of aliphatic carboxylic acids is 1. The topological polar surface area (TPSA) is 320 Å². The minimum Gasteiger partial charge on any atom is -0.507 e. The third-order valence-corrected chi connectivity index (χ3v) is 10.4. The number of aryl methyl sites for hydroxylation is 1. The van der Waals surface area contributed by atoms with Crippen molar-refractivity contribution in [3.63, 3.8) is 0 Å². The van der Waals surface area contributed by atoms with Crippen molar-refractivity contribution in [2.75, 3.05) is 13.2 Å². The number of aromatic hydroxyl groups is 1. The van der Waals surface area contributed by atoms with Crippen LogP contribution in [0, 0.1) is 0 Å². The van der Waals surface area contributed by atoms with E-state index in [1.54, 1.807) is 19.1 Å². The third kappa shape index (κ3) is 19.9. The first-order valence-electron chi connectivity index (χ1n) is 21.5. The molecule has 0 saturated carbocycles. The Morgan fingerprint density at radius 1 is 0.762 bits per heavy atom. The normalized spacial score (nSPS) is 21.0. The number of hydrogen-bond acceptors (Lipinski definition) is 18. The summed E-state index contributed by atoms with van der Waals surface area (Å²) in [5, 5.41) is 81.1. The number of aliphatic hydroxyl groups excluding tert-OH is 5. The molecule has 8 N–H and O–H groups in total. The standard InChI is InChI=1S/C43H66O20/c1-25(18-15-13-11-9-7-5-4-6-8-10-12-14-16-19-28-20-17-21-29(47)34(28)41(55)56)59-42(57)39(60-26(2)45)37(53)36(52)31(24-58-33(50)22-32(48)49)63-43-40(61-27(3)46)38(54)35(51)30(23-44)62-43/h17,20-21,25,30-31,35-40,43-44,47,51-54H,4-16,18-19,22-24H2,1-3H3,(H,48,49)(H,55,56)/t25?,30-,31-,35-,36-,37+,38+,39+,40+,43?/m1/s1. The molecule has 10 atom stereocenters. The van der Waals surface area contributed by atoms with Crippen molar-refractivity contribution in [2.45, 2.75) is 185 Å². The lowest BCUT2D eigenvalue weighted by Gasteiger charge is -2.43. The summed E-state index contributed by atoms with van der Waals surface area (Å²) < 4.78 is 31.4. The Morgan fingerprint density at radius 2 is 1.33 bits per heavy atom. The van der Waals surface area contributed by atoms with Crippen LogP contribution in [0.4, 0.5) is 0 Å². The number of unbranched alkanes of at least 4 members (excludes halogenated alkanes) is 12. The molecule has 20 nitrogen and oxygen atoms in total. The Balaban J connectivity index is 1.83. The fourth-order valence-electron chi connectivity index (χ4n) is 7.12. The number of esters is 4. The van der Waals surface area contributed by atoms with E-state index < -0.39 is 117 Å². The number of carbonyl (C=O) groups is 6. The van der Waals surface area contributed by atoms with E-state index in [1.165, 1.54) is 6.07 Å². The zero-order valence-electron chi connectivity index (χ0n) is 36.2. The lowest BCUT2D eigenvalue weighted by Crippen LogP contribution is -2.62. The van der Waals surface area contributed by atoms with Crippen LogP contribution in [0.5, 0.6) is 5.75 Å². The maximum Gasteiger partial charge on any atom is 0.350 e. The van der Waals surface area contributed by atoms with Gasteiger partial charge >= 0.3 is 35.8 Å². The van der Waals surface area contributed by atoms with E-state index in [2.05, 4.69) is 0 Å². The molecule has 1 aromatic carbocycles. The first-order valence-corrected chi connectivity index (χ1v) is 21.5. The van der Waals surface area contributed by atoms with Gasteiger partial charge < -0.3 is 69.3 Å². The molecule has 0 radical (unpaired) electrons. The van der Waals surface area contributed by atoms with Crippen LogP contribution >= 0.6 is 0 Å². The van der Waals surface area contributed by atoms with Crippen molar-refractivity contribution in [3.8, 4) is 5.75 Å². The predicted octanol–water partition coefficient (Wildman–Crippen LogP) is 2.45. The molecule has 0 spiro atoms. The molecule has 2 unspecified atom stereocenters. The number of aromatic carboxylic acids is 1. The molecule has 2 rings (SSSR count). The van der Waals surface area contributed by atoms with E-state index in [0.717, 1.165) is 90.9 Å². The van der Waals surface area contributed by atoms with E-state index in [-0.39, 0.29) is 11.3 Å². The van der Waals surface area contributed by atoms with Gasteiger partial charge in [-0.15, -0.1) is 0 Å². The maximum absolute atomic E-state index is 13.3. The fourth-order valence-corrected chi connectivity index (χ4v) is 7.12. The van der Waals surface area contributed by atoms with Crippen LogP contribution in [-0.2, 0) is 58.8 Å². The van der Waals surface area contributed by atoms with Gasteiger partial charge in [-0.3, -0.25) is 19.2 Å². The molecule has 1 fully saturated rings. The Hall–Kier alpha value is -4.44. The lowest BCUT2D eigenvalue weighted by molar-refractivity contribution is -0.324. The summed E-state index contributed by atoms with van der Waals surface area (Å²) in [6, 6.07) is 4.78. The minimum absolute atomic E-state index is 0.0175. The number of phenols is 1. The smallest absolute Gasteiger partial charge is 0.350 e. The largest absolute Gasteiger partial charge is 0.507 e. The van der Waals surface area contributed by atoms with Crippen LogP contribution in [0.2, 0.25) is 0 Å². The summed E-state index contributed by atoms with van der Waals surface area (Å²) in [4.78, 5) is 71.6. The summed E-state index contributed by atoms with van der Waals surface area (Å²) in [6.07, 6.45) is -5.34. The molecule has 1 aliphatic heterocycles. The average molecular weight is 903 g/mol. The molecule has 1 aliphatic rings. The second-order valence-corrected chi connectivity index (χ2v) is 15.7. The summed E-state index contributed by atoms with van der Waals surface area (Å²) >= 11 is 0. The van der Waals surface area contributed by atoms with Gasteiger partial charge in [0.2, 0.25) is 6.10 Å². The minimum atomic E-state index is -2.34. The molecule has 63 heavy (non-hydrogen) atoms. The lowest BCUT2D eigenvalue weighted by atomic mass is 9.98. The quantitative estimate of drug-likeness (QED) is 0.0230. The Morgan fingerprint density at radius 3 is 1.86 bits per heavy atom.